The van der Waals surface area contributed by atoms with Crippen LogP contribution in [0, 0.1) is 6.20 Å². The Bertz CT molecular complexity index is 314. The molecule has 2 rings (SSSR count). The molecule has 0 bridgehead atoms. The Morgan fingerprint density at radius 1 is 1.36 bits per heavy atom. The molecule has 0 saturated carbocycles. The van der Waals surface area contributed by atoms with Gasteiger partial charge in [0.25, 0.3) is 0 Å². The van der Waals surface area contributed by atoms with Crippen LogP contribution in [0.15, 0.2) is 18.6 Å². The topological polar surface area (TPSA) is 67.3 Å². The van der Waals surface area contributed by atoms with Crippen LogP contribution in [-0.4, -0.2) is 25.4 Å². The molecule has 5 nitrogen and oxygen atoms in total. The molecule has 0 aliphatic heterocycles. The summed E-state index contributed by atoms with van der Waals surface area (Å²) in [6.07, 6.45) is 7.46. The van der Waals surface area contributed by atoms with Gasteiger partial charge in [0.1, 0.15) is 17.6 Å². The fraction of sp³-hybridized carbons (Fsp3) is 0. The smallest absolute Gasteiger partial charge is 0.145 e. The van der Waals surface area contributed by atoms with Crippen LogP contribution in [0.2, 0.25) is 0 Å². The highest BCUT2D eigenvalue weighted by Crippen LogP contribution is 2.06. The number of rotatable bonds is 1. The molecule has 0 aliphatic rings. The van der Waals surface area contributed by atoms with Crippen LogP contribution in [0.4, 0.5) is 0 Å². The molecule has 0 aliphatic carbocycles. The van der Waals surface area contributed by atoms with E-state index in [4.69, 9.17) is 0 Å². The fourth-order valence-corrected chi connectivity index (χ4v) is 0.718. The predicted molar refractivity (Wildman–Crippen MR) is 36.2 cm³/mol. The van der Waals surface area contributed by atoms with Crippen molar-refractivity contribution < 1.29 is 0 Å². The normalized spacial score (nSPS) is 9.82. The second kappa shape index (κ2) is 2.45. The number of H-pyrrole nitrogens is 1. The highest BCUT2D eigenvalue weighted by atomic mass is 15.3. The predicted octanol–water partition coefficient (Wildman–Crippen LogP) is 0.0619. The van der Waals surface area contributed by atoms with Gasteiger partial charge >= 0.3 is 0 Å². The highest BCUT2D eigenvalue weighted by Gasteiger charge is 1.99. The number of aromatic nitrogens is 5. The second-order valence-electron chi connectivity index (χ2n) is 1.89. The first-order valence-electron chi connectivity index (χ1n) is 3.02. The van der Waals surface area contributed by atoms with Crippen molar-refractivity contribution in [3.8, 4) is 11.4 Å². The van der Waals surface area contributed by atoms with Crippen molar-refractivity contribution in [3.63, 3.8) is 0 Å². The Hall–Kier alpha value is -1.78. The lowest BCUT2D eigenvalue weighted by atomic mass is 10.3. The summed E-state index contributed by atoms with van der Waals surface area (Å²) in [7, 11) is 0. The van der Waals surface area contributed by atoms with E-state index in [9.17, 15) is 0 Å². The van der Waals surface area contributed by atoms with E-state index in [0.29, 0.717) is 11.4 Å². The molecule has 0 amide bonds. The van der Waals surface area contributed by atoms with Crippen LogP contribution in [0.3, 0.4) is 0 Å². The summed E-state index contributed by atoms with van der Waals surface area (Å²) in [4.78, 5) is 7.90. The lowest BCUT2D eigenvalue weighted by molar-refractivity contribution is 0.938. The largest absolute Gasteiger partial charge is 0.261 e. The number of hydrogen-bond acceptors (Lipinski definition) is 4. The molecule has 0 unspecified atom stereocenters. The summed E-state index contributed by atoms with van der Waals surface area (Å²) >= 11 is 0. The van der Waals surface area contributed by atoms with Crippen molar-refractivity contribution in [1.29, 1.82) is 0 Å². The first-order chi connectivity index (χ1) is 5.47. The van der Waals surface area contributed by atoms with E-state index in [-0.39, 0.29) is 0 Å². The number of nitrogens with zero attached hydrogens (tertiary/aromatic N) is 4. The van der Waals surface area contributed by atoms with Gasteiger partial charge in [-0.3, -0.25) is 15.1 Å². The van der Waals surface area contributed by atoms with E-state index in [1.54, 1.807) is 18.6 Å². The Morgan fingerprint density at radius 2 is 2.36 bits per heavy atom. The molecule has 5 heteroatoms. The number of aromatic amines is 1. The van der Waals surface area contributed by atoms with E-state index in [2.05, 4.69) is 31.6 Å². The van der Waals surface area contributed by atoms with Crippen molar-refractivity contribution in [2.75, 3.05) is 0 Å². The summed E-state index contributed by atoms with van der Waals surface area (Å²) in [5.41, 5.74) is 1.34. The lowest BCUT2D eigenvalue weighted by Crippen LogP contribution is -1.83. The Labute approximate surface area is 62.5 Å². The van der Waals surface area contributed by atoms with Gasteiger partial charge in [0.2, 0.25) is 0 Å². The summed E-state index contributed by atoms with van der Waals surface area (Å²) in [5, 5.41) is 9.63. The number of nitrogens with one attached hydrogen (secondary N) is 1. The molecular formula is C6H4N5. The second-order valence-corrected chi connectivity index (χ2v) is 1.89. The average Bonchev–Trinajstić information content (AvgIpc) is 2.58. The maximum atomic E-state index is 4.02. The monoisotopic (exact) mass is 146 g/mol. The van der Waals surface area contributed by atoms with Gasteiger partial charge in [-0.05, 0) is 0 Å². The zero-order chi connectivity index (χ0) is 7.52. The quantitative estimate of drug-likeness (QED) is 0.617. The van der Waals surface area contributed by atoms with E-state index < -0.39 is 0 Å². The third kappa shape index (κ3) is 1.07. The van der Waals surface area contributed by atoms with Crippen molar-refractivity contribution in [1.82, 2.24) is 25.4 Å². The van der Waals surface area contributed by atoms with Gasteiger partial charge in [0.15, 0.2) is 0 Å². The Kier molecular flexibility index (Phi) is 1.33. The van der Waals surface area contributed by atoms with Crippen molar-refractivity contribution in [3.05, 3.63) is 24.8 Å². The summed E-state index contributed by atoms with van der Waals surface area (Å²) < 4.78 is 0. The SMILES string of the molecule is [c]1nn[nH]c1-c1cnccn1. The third-order valence-electron chi connectivity index (χ3n) is 1.19. The molecule has 1 radical (unpaired) electrons. The fourth-order valence-electron chi connectivity index (χ4n) is 0.718. The molecule has 2 aromatic rings. The molecule has 11 heavy (non-hydrogen) atoms. The van der Waals surface area contributed by atoms with Crippen molar-refractivity contribution in [2.45, 2.75) is 0 Å². The zero-order valence-electron chi connectivity index (χ0n) is 5.52. The van der Waals surface area contributed by atoms with Crippen LogP contribution in [-0.2, 0) is 0 Å². The lowest BCUT2D eigenvalue weighted by Gasteiger charge is -1.89. The minimum atomic E-state index is 0.651. The van der Waals surface area contributed by atoms with Gasteiger partial charge in [0.05, 0.1) is 6.20 Å². The molecule has 0 atom stereocenters. The van der Waals surface area contributed by atoms with E-state index >= 15 is 0 Å². The van der Waals surface area contributed by atoms with Crippen molar-refractivity contribution >= 4 is 0 Å². The van der Waals surface area contributed by atoms with E-state index in [1.165, 1.54) is 0 Å². The van der Waals surface area contributed by atoms with E-state index in [1.807, 2.05) is 0 Å². The highest BCUT2D eigenvalue weighted by molar-refractivity contribution is 5.48. The van der Waals surface area contributed by atoms with Crippen LogP contribution in [0.1, 0.15) is 0 Å². The Morgan fingerprint density at radius 3 is 3.00 bits per heavy atom. The van der Waals surface area contributed by atoms with Gasteiger partial charge in [-0.2, -0.15) is 0 Å². The molecule has 0 fully saturated rings. The summed E-state index contributed by atoms with van der Waals surface area (Å²) in [6.45, 7) is 0. The molecule has 0 saturated heterocycles. The first kappa shape index (κ1) is 5.96. The van der Waals surface area contributed by atoms with Gasteiger partial charge in [0, 0.05) is 12.4 Å². The maximum Gasteiger partial charge on any atom is 0.145 e. The van der Waals surface area contributed by atoms with Gasteiger partial charge in [-0.15, -0.1) is 5.10 Å². The van der Waals surface area contributed by atoms with Crippen LogP contribution >= 0.6 is 0 Å². The molecular weight excluding hydrogens is 142 g/mol. The van der Waals surface area contributed by atoms with Crippen LogP contribution in [0.5, 0.6) is 0 Å². The van der Waals surface area contributed by atoms with Gasteiger partial charge < -0.3 is 0 Å². The first-order valence-corrected chi connectivity index (χ1v) is 3.02. The minimum absolute atomic E-state index is 0.651. The zero-order valence-corrected chi connectivity index (χ0v) is 5.52. The van der Waals surface area contributed by atoms with Crippen LogP contribution in [0.25, 0.3) is 11.4 Å². The molecule has 2 aromatic heterocycles. The number of hydrogen-bond donors (Lipinski definition) is 1. The third-order valence-corrected chi connectivity index (χ3v) is 1.19. The van der Waals surface area contributed by atoms with Crippen LogP contribution < -0.4 is 0 Å². The molecule has 53 valence electrons. The Balaban J connectivity index is 2.46. The van der Waals surface area contributed by atoms with Crippen molar-refractivity contribution in [2.24, 2.45) is 0 Å². The standard InChI is InChI=1S/C6H4N5/c1-2-8-5(3-7-1)6-4-9-11-10-6/h1-3H,(H,9,10,11). The molecule has 0 aromatic carbocycles. The van der Waals surface area contributed by atoms with E-state index in [0.717, 1.165) is 0 Å². The van der Waals surface area contributed by atoms with Gasteiger partial charge in [-0.1, -0.05) is 5.21 Å². The summed E-state index contributed by atoms with van der Waals surface area (Å²) in [5.74, 6) is 0. The molecule has 0 spiro atoms. The summed E-state index contributed by atoms with van der Waals surface area (Å²) in [6, 6.07) is 0. The maximum absolute atomic E-state index is 4.02. The molecule has 1 N–H and O–H groups in total. The minimum Gasteiger partial charge on any atom is -0.261 e. The van der Waals surface area contributed by atoms with Gasteiger partial charge in [-0.25, -0.2) is 0 Å². The average molecular weight is 146 g/mol. The molecule has 2 heterocycles.